The number of hydrogen-bond acceptors (Lipinski definition) is 4. The summed E-state index contributed by atoms with van der Waals surface area (Å²) in [6.45, 7) is 9.71. The Balaban J connectivity index is 1.49. The monoisotopic (exact) mass is 419 g/mol. The summed E-state index contributed by atoms with van der Waals surface area (Å²) in [7, 11) is 0. The predicted octanol–water partition coefficient (Wildman–Crippen LogP) is 6.22. The van der Waals surface area contributed by atoms with Crippen molar-refractivity contribution in [2.75, 3.05) is 19.6 Å². The van der Waals surface area contributed by atoms with Gasteiger partial charge in [-0.05, 0) is 63.2 Å². The van der Waals surface area contributed by atoms with Gasteiger partial charge in [-0.2, -0.15) is 0 Å². The number of benzene rings is 2. The van der Waals surface area contributed by atoms with Crippen molar-refractivity contribution in [2.45, 2.75) is 40.0 Å². The second kappa shape index (κ2) is 9.11. The lowest BCUT2D eigenvalue weighted by atomic mass is 10.1. The fourth-order valence-electron chi connectivity index (χ4n) is 3.97. The van der Waals surface area contributed by atoms with E-state index in [1.165, 1.54) is 5.56 Å². The maximum atomic E-state index is 12.7. The zero-order valence-corrected chi connectivity index (χ0v) is 18.8. The van der Waals surface area contributed by atoms with Gasteiger partial charge in [-0.15, -0.1) is 0 Å². The first kappa shape index (κ1) is 20.8. The maximum Gasteiger partial charge on any atom is 0.195 e. The number of Topliss-reactive ketones (excluding diaryl/α,β-unsaturated/α-hetero) is 1. The number of carbonyl (C=O) groups excluding carboxylic acids is 1. The smallest absolute Gasteiger partial charge is 0.195 e. The maximum absolute atomic E-state index is 12.7. The highest BCUT2D eigenvalue weighted by molar-refractivity contribution is 7.23. The molecular formula is C25H29N3OS. The summed E-state index contributed by atoms with van der Waals surface area (Å²) in [5.74, 6) is 0.239. The van der Waals surface area contributed by atoms with Crippen LogP contribution in [0.3, 0.4) is 0 Å². The Bertz CT molecular complexity index is 1170. The summed E-state index contributed by atoms with van der Waals surface area (Å²) in [6, 6.07) is 14.4. The lowest BCUT2D eigenvalue weighted by molar-refractivity contribution is 0.0978. The van der Waals surface area contributed by atoms with E-state index in [0.29, 0.717) is 6.42 Å². The van der Waals surface area contributed by atoms with E-state index in [2.05, 4.69) is 60.5 Å². The van der Waals surface area contributed by atoms with Crippen molar-refractivity contribution in [3.05, 3.63) is 59.8 Å². The molecule has 0 unspecified atom stereocenters. The van der Waals surface area contributed by atoms with Gasteiger partial charge in [0.1, 0.15) is 0 Å². The van der Waals surface area contributed by atoms with Crippen LogP contribution in [0.4, 0.5) is 0 Å². The molecule has 30 heavy (non-hydrogen) atoms. The summed E-state index contributed by atoms with van der Waals surface area (Å²) < 4.78 is 3.25. The molecule has 0 saturated carbocycles. The average molecular weight is 420 g/mol. The number of aromatic nitrogens is 2. The van der Waals surface area contributed by atoms with Crippen molar-refractivity contribution in [3.8, 4) is 11.3 Å². The summed E-state index contributed by atoms with van der Waals surface area (Å²) >= 11 is 1.65. The minimum Gasteiger partial charge on any atom is -0.304 e. The van der Waals surface area contributed by atoms with Crippen LogP contribution in [0.5, 0.6) is 0 Å². The van der Waals surface area contributed by atoms with Gasteiger partial charge in [-0.1, -0.05) is 49.4 Å². The van der Waals surface area contributed by atoms with Crippen LogP contribution < -0.4 is 0 Å². The standard InChI is InChI=1S/C25H29N3OS/c1-4-27(5-2)15-9-8-12-23(29)19-13-14-22-24(16-19)30-25-26-21(17-28(22)25)20-11-7-6-10-18(20)3/h6-7,10-11,13-14,16-17H,4-5,8-9,12,15H2,1-3H3. The minimum atomic E-state index is 0.239. The summed E-state index contributed by atoms with van der Waals surface area (Å²) in [5, 5.41) is 0. The van der Waals surface area contributed by atoms with Crippen LogP contribution in [0, 0.1) is 6.92 Å². The molecular weight excluding hydrogens is 390 g/mol. The van der Waals surface area contributed by atoms with Crippen molar-refractivity contribution in [3.63, 3.8) is 0 Å². The van der Waals surface area contributed by atoms with Gasteiger partial charge in [0, 0.05) is 23.7 Å². The normalized spacial score (nSPS) is 11.7. The Morgan fingerprint density at radius 3 is 2.67 bits per heavy atom. The molecule has 4 aromatic rings. The molecule has 0 amide bonds. The number of imidazole rings is 1. The molecule has 2 aromatic heterocycles. The number of nitrogens with zero attached hydrogens (tertiary/aromatic N) is 3. The number of hydrogen-bond donors (Lipinski definition) is 0. The zero-order valence-electron chi connectivity index (χ0n) is 18.0. The Kier molecular flexibility index (Phi) is 6.30. The Labute approximate surface area is 182 Å². The van der Waals surface area contributed by atoms with Crippen LogP contribution in [-0.2, 0) is 0 Å². The second-order valence-corrected chi connectivity index (χ2v) is 8.79. The second-order valence-electron chi connectivity index (χ2n) is 7.79. The molecule has 2 heterocycles. The first-order valence-corrected chi connectivity index (χ1v) is 11.7. The van der Waals surface area contributed by atoms with Gasteiger partial charge < -0.3 is 4.90 Å². The predicted molar refractivity (Wildman–Crippen MR) is 127 cm³/mol. The molecule has 0 N–H and O–H groups in total. The molecule has 0 atom stereocenters. The summed E-state index contributed by atoms with van der Waals surface area (Å²) in [5.41, 5.74) is 5.31. The largest absolute Gasteiger partial charge is 0.304 e. The van der Waals surface area contributed by atoms with Gasteiger partial charge >= 0.3 is 0 Å². The van der Waals surface area contributed by atoms with Gasteiger partial charge in [-0.25, -0.2) is 4.98 Å². The molecule has 0 spiro atoms. The van der Waals surface area contributed by atoms with E-state index in [4.69, 9.17) is 4.98 Å². The third kappa shape index (κ3) is 4.18. The van der Waals surface area contributed by atoms with E-state index in [-0.39, 0.29) is 5.78 Å². The van der Waals surface area contributed by atoms with Crippen molar-refractivity contribution in [1.29, 1.82) is 0 Å². The fraction of sp³-hybridized carbons (Fsp3) is 0.360. The van der Waals surface area contributed by atoms with Crippen molar-refractivity contribution in [1.82, 2.24) is 14.3 Å². The number of ketones is 1. The SMILES string of the molecule is CCN(CC)CCCCC(=O)c1ccc2c(c1)sc1nc(-c3ccccc3C)cn12. The molecule has 0 radical (unpaired) electrons. The van der Waals surface area contributed by atoms with E-state index in [0.717, 1.165) is 64.5 Å². The zero-order chi connectivity index (χ0) is 21.1. The molecule has 4 rings (SSSR count). The van der Waals surface area contributed by atoms with Crippen LogP contribution in [0.25, 0.3) is 26.4 Å². The molecule has 156 valence electrons. The first-order chi connectivity index (χ1) is 14.6. The van der Waals surface area contributed by atoms with E-state index < -0.39 is 0 Å². The third-order valence-corrected chi connectivity index (χ3v) is 6.88. The molecule has 0 fully saturated rings. The van der Waals surface area contributed by atoms with Crippen molar-refractivity contribution >= 4 is 32.3 Å². The number of fused-ring (bicyclic) bond motifs is 3. The van der Waals surface area contributed by atoms with Crippen molar-refractivity contribution in [2.24, 2.45) is 0 Å². The number of carbonyl (C=O) groups is 1. The topological polar surface area (TPSA) is 37.6 Å². The number of aryl methyl sites for hydroxylation is 1. The number of thiazole rings is 1. The van der Waals surface area contributed by atoms with Gasteiger partial charge in [0.15, 0.2) is 10.7 Å². The van der Waals surface area contributed by atoms with Crippen LogP contribution >= 0.6 is 11.3 Å². The highest BCUT2D eigenvalue weighted by Gasteiger charge is 2.14. The van der Waals surface area contributed by atoms with E-state index in [1.54, 1.807) is 11.3 Å². The van der Waals surface area contributed by atoms with Gasteiger partial charge in [0.05, 0.1) is 15.9 Å². The highest BCUT2D eigenvalue weighted by atomic mass is 32.1. The van der Waals surface area contributed by atoms with E-state index in [9.17, 15) is 4.79 Å². The molecule has 0 saturated heterocycles. The van der Waals surface area contributed by atoms with Crippen LogP contribution in [0.1, 0.15) is 49.0 Å². The number of rotatable bonds is 9. The highest BCUT2D eigenvalue weighted by Crippen LogP contribution is 2.31. The van der Waals surface area contributed by atoms with Gasteiger partial charge in [0.2, 0.25) is 0 Å². The van der Waals surface area contributed by atoms with Gasteiger partial charge in [0.25, 0.3) is 0 Å². The molecule has 4 nitrogen and oxygen atoms in total. The fourth-order valence-corrected chi connectivity index (χ4v) is 5.02. The lowest BCUT2D eigenvalue weighted by Crippen LogP contribution is -2.24. The van der Waals surface area contributed by atoms with Crippen molar-refractivity contribution < 1.29 is 4.79 Å². The third-order valence-electron chi connectivity index (χ3n) is 5.86. The van der Waals surface area contributed by atoms with Gasteiger partial charge in [-0.3, -0.25) is 9.20 Å². The molecule has 0 bridgehead atoms. The molecule has 0 aliphatic heterocycles. The van der Waals surface area contributed by atoms with E-state index >= 15 is 0 Å². The molecule has 5 heteroatoms. The van der Waals surface area contributed by atoms with E-state index in [1.807, 2.05) is 18.2 Å². The quantitative estimate of drug-likeness (QED) is 0.239. The molecule has 0 aliphatic rings. The lowest BCUT2D eigenvalue weighted by Gasteiger charge is -2.17. The number of unbranched alkanes of at least 4 members (excludes halogenated alkanes) is 1. The minimum absolute atomic E-state index is 0.239. The Morgan fingerprint density at radius 2 is 1.90 bits per heavy atom. The Hall–Kier alpha value is -2.50. The first-order valence-electron chi connectivity index (χ1n) is 10.8. The van der Waals surface area contributed by atoms with Crippen LogP contribution in [0.2, 0.25) is 0 Å². The molecule has 0 aliphatic carbocycles. The van der Waals surface area contributed by atoms with Crippen LogP contribution in [0.15, 0.2) is 48.7 Å². The average Bonchev–Trinajstić information content (AvgIpc) is 3.31. The Morgan fingerprint density at radius 1 is 1.10 bits per heavy atom. The molecule has 2 aromatic carbocycles. The summed E-state index contributed by atoms with van der Waals surface area (Å²) in [4.78, 5) is 20.9. The van der Waals surface area contributed by atoms with Crippen LogP contribution in [-0.4, -0.2) is 39.7 Å². The summed E-state index contributed by atoms with van der Waals surface area (Å²) in [6.07, 6.45) is 4.74.